The fraction of sp³-hybridized carbons (Fsp3) is 0.435. The molecule has 4 rings (SSSR count). The predicted molar refractivity (Wildman–Crippen MR) is 249 cm³/mol. The molecule has 0 saturated heterocycles. The monoisotopic (exact) mass is 962 g/mol. The molecule has 4 aromatic carbocycles. The third-order valence-corrected chi connectivity index (χ3v) is 17.0. The Balaban J connectivity index is 0.000000310. The number of esters is 2. The summed E-state index contributed by atoms with van der Waals surface area (Å²) in [5, 5.41) is 1.82. The summed E-state index contributed by atoms with van der Waals surface area (Å²) in [6.07, 6.45) is 8.99. The minimum atomic E-state index is -1.23. The summed E-state index contributed by atoms with van der Waals surface area (Å²) in [6.45, 7) is 11.5. The SMILES string of the molecule is COPCCCCc1cc(C)c(C(=O)OC)c(C[Se]c2ccccc2)c1.COPCCCCc1cc(C)c(C(=O)OCC[Si](C)(C)C)c(C[Se]c2ccccc2)c1. The molecule has 0 amide bonds. The van der Waals surface area contributed by atoms with Gasteiger partial charge in [-0.2, -0.15) is 0 Å². The molecule has 0 radical (unpaired) electrons. The first kappa shape index (κ1) is 49.2. The molecule has 0 aliphatic carbocycles. The van der Waals surface area contributed by atoms with Gasteiger partial charge < -0.3 is 0 Å². The Morgan fingerprint density at radius 1 is 0.614 bits per heavy atom. The van der Waals surface area contributed by atoms with E-state index in [1.54, 1.807) is 14.2 Å². The molecule has 0 N–H and O–H groups in total. The van der Waals surface area contributed by atoms with Crippen molar-refractivity contribution in [2.75, 3.05) is 40.3 Å². The van der Waals surface area contributed by atoms with Gasteiger partial charge >= 0.3 is 363 Å². The van der Waals surface area contributed by atoms with E-state index in [0.29, 0.717) is 54.1 Å². The van der Waals surface area contributed by atoms with Crippen molar-refractivity contribution in [3.63, 3.8) is 0 Å². The normalized spacial score (nSPS) is 11.6. The van der Waals surface area contributed by atoms with Crippen LogP contribution in [0.3, 0.4) is 0 Å². The van der Waals surface area contributed by atoms with Crippen molar-refractivity contribution >= 4 is 76.5 Å². The van der Waals surface area contributed by atoms with E-state index < -0.39 is 8.07 Å². The van der Waals surface area contributed by atoms with Crippen LogP contribution in [0.4, 0.5) is 0 Å². The molecule has 310 valence electrons. The van der Waals surface area contributed by atoms with E-state index in [2.05, 4.69) is 105 Å². The number of hydrogen-bond donors (Lipinski definition) is 0. The molecule has 0 spiro atoms. The molecule has 57 heavy (non-hydrogen) atoms. The van der Waals surface area contributed by atoms with E-state index in [4.69, 9.17) is 18.5 Å². The topological polar surface area (TPSA) is 71.1 Å². The van der Waals surface area contributed by atoms with Crippen LogP contribution in [-0.2, 0) is 42.0 Å². The molecule has 2 atom stereocenters. The van der Waals surface area contributed by atoms with Crippen molar-refractivity contribution in [2.45, 2.75) is 88.7 Å². The van der Waals surface area contributed by atoms with Crippen LogP contribution in [0.2, 0.25) is 25.7 Å². The Hall–Kier alpha value is -2.14. The third kappa shape index (κ3) is 19.2. The van der Waals surface area contributed by atoms with Crippen LogP contribution in [0.1, 0.15) is 79.8 Å². The second kappa shape index (κ2) is 27.6. The van der Waals surface area contributed by atoms with Gasteiger partial charge in [0.15, 0.2) is 0 Å². The van der Waals surface area contributed by atoms with Crippen molar-refractivity contribution in [3.8, 4) is 0 Å². The molecule has 0 saturated carbocycles. The maximum atomic E-state index is 13.0. The van der Waals surface area contributed by atoms with Crippen LogP contribution < -0.4 is 8.92 Å². The standard InChI is InChI=1S/C25H37O3PSeSi.C21H27O3PSe/c1-20-17-21(11-9-10-15-29-27-2)18-22(19-30-23-12-7-6-8-13-23)24(20)25(26)28-14-16-31(3,4)5;1-16-13-17(9-7-8-12-25-24-3)14-18(20(16)21(22)23-2)15-26-19-10-5-4-6-11-19/h6-8,12-13,17-18,29H,9-11,14-16,19H2,1-5H3;4-6,10-11,13-14,25H,7-9,12,15H2,1-3H3. The number of unbranched alkanes of at least 4 members (excludes halogenated alkanes) is 2. The number of benzene rings is 4. The predicted octanol–water partition coefficient (Wildman–Crippen LogP) is 9.46. The van der Waals surface area contributed by atoms with Gasteiger partial charge in [0.25, 0.3) is 0 Å². The zero-order valence-electron chi connectivity index (χ0n) is 35.3. The van der Waals surface area contributed by atoms with Crippen LogP contribution >= 0.6 is 17.6 Å². The first-order valence-corrected chi connectivity index (χ1v) is 29.9. The zero-order valence-corrected chi connectivity index (χ0v) is 41.8. The van der Waals surface area contributed by atoms with Gasteiger partial charge in [-0.25, -0.2) is 0 Å². The molecule has 6 nitrogen and oxygen atoms in total. The molecular weight excluding hydrogens is 896 g/mol. The molecule has 2 unspecified atom stereocenters. The Morgan fingerprint density at radius 2 is 1.05 bits per heavy atom. The van der Waals surface area contributed by atoms with E-state index in [0.717, 1.165) is 88.1 Å². The van der Waals surface area contributed by atoms with Gasteiger partial charge in [0.1, 0.15) is 0 Å². The molecule has 0 bridgehead atoms. The Bertz CT molecular complexity index is 1790. The summed E-state index contributed by atoms with van der Waals surface area (Å²) in [5.74, 6) is -0.378. The number of carbonyl (C=O) groups is 2. The van der Waals surface area contributed by atoms with E-state index >= 15 is 0 Å². The fourth-order valence-electron chi connectivity index (χ4n) is 6.22. The van der Waals surface area contributed by atoms with E-state index in [1.165, 1.54) is 40.0 Å². The number of carbonyl (C=O) groups excluding carboxylic acids is 2. The minimum absolute atomic E-state index is 0.151. The molecule has 0 fully saturated rings. The van der Waals surface area contributed by atoms with Crippen molar-refractivity contribution < 1.29 is 28.1 Å². The van der Waals surface area contributed by atoms with E-state index in [-0.39, 0.29) is 11.9 Å². The third-order valence-electron chi connectivity index (χ3n) is 9.19. The van der Waals surface area contributed by atoms with Crippen LogP contribution in [0.25, 0.3) is 0 Å². The zero-order chi connectivity index (χ0) is 41.5. The summed E-state index contributed by atoms with van der Waals surface area (Å²) in [5.41, 5.74) is 8.52. The number of rotatable bonds is 23. The van der Waals surface area contributed by atoms with Crippen LogP contribution in [0.15, 0.2) is 84.9 Å². The molecule has 0 heterocycles. The van der Waals surface area contributed by atoms with Crippen molar-refractivity contribution in [1.29, 1.82) is 0 Å². The van der Waals surface area contributed by atoms with Crippen LogP contribution in [0.5, 0.6) is 0 Å². The second-order valence-electron chi connectivity index (χ2n) is 15.1. The first-order valence-electron chi connectivity index (χ1n) is 19.8. The molecule has 11 heteroatoms. The van der Waals surface area contributed by atoms with E-state index in [9.17, 15) is 9.59 Å². The number of methoxy groups -OCH3 is 1. The Kier molecular flexibility index (Phi) is 23.8. The summed E-state index contributed by atoms with van der Waals surface area (Å²) in [7, 11) is 4.95. The maximum absolute atomic E-state index is 13.0. The van der Waals surface area contributed by atoms with Crippen LogP contribution in [0, 0.1) is 13.8 Å². The molecular formula is C46H64O6P2Se2Si. The second-order valence-corrected chi connectivity index (χ2v) is 27.6. The van der Waals surface area contributed by atoms with E-state index in [1.807, 2.05) is 13.0 Å². The van der Waals surface area contributed by atoms with Gasteiger partial charge in [0, 0.05) is 0 Å². The number of hydrogen-bond acceptors (Lipinski definition) is 6. The fourth-order valence-corrected chi connectivity index (χ4v) is 11.9. The molecule has 0 aliphatic heterocycles. The van der Waals surface area contributed by atoms with Gasteiger partial charge in [-0.1, -0.05) is 0 Å². The Labute approximate surface area is 360 Å². The van der Waals surface area contributed by atoms with Gasteiger partial charge in [-0.05, 0) is 0 Å². The van der Waals surface area contributed by atoms with Crippen LogP contribution in [-0.4, -0.2) is 90.2 Å². The number of ether oxygens (including phenoxy) is 2. The summed E-state index contributed by atoms with van der Waals surface area (Å²) < 4.78 is 23.8. The summed E-state index contributed by atoms with van der Waals surface area (Å²) >= 11 is 0.591. The number of aryl methyl sites for hydroxylation is 4. The molecule has 4 aromatic rings. The quantitative estimate of drug-likeness (QED) is 0.0320. The van der Waals surface area contributed by atoms with Crippen molar-refractivity contribution in [1.82, 2.24) is 0 Å². The first-order chi connectivity index (χ1) is 27.4. The molecule has 0 aromatic heterocycles. The average molecular weight is 961 g/mol. The Morgan fingerprint density at radius 3 is 1.46 bits per heavy atom. The van der Waals surface area contributed by atoms with Gasteiger partial charge in [-0.15, -0.1) is 0 Å². The van der Waals surface area contributed by atoms with Gasteiger partial charge in [0.2, 0.25) is 0 Å². The van der Waals surface area contributed by atoms with Gasteiger partial charge in [-0.3, -0.25) is 0 Å². The van der Waals surface area contributed by atoms with Gasteiger partial charge in [0.05, 0.1) is 0 Å². The molecule has 0 aliphatic rings. The van der Waals surface area contributed by atoms with Crippen molar-refractivity contribution in [2.24, 2.45) is 0 Å². The summed E-state index contributed by atoms with van der Waals surface area (Å²) in [6, 6.07) is 30.9. The van der Waals surface area contributed by atoms with Crippen molar-refractivity contribution in [3.05, 3.63) is 129 Å². The average Bonchev–Trinajstić information content (AvgIpc) is 3.19. The summed E-state index contributed by atoms with van der Waals surface area (Å²) in [4.78, 5) is 25.3.